The summed E-state index contributed by atoms with van der Waals surface area (Å²) < 4.78 is 65.6. The molecular formula is C21H31F3N4O2S. The first-order chi connectivity index (χ1) is 14.2. The van der Waals surface area contributed by atoms with Gasteiger partial charge in [-0.05, 0) is 37.7 Å². The minimum atomic E-state index is -4.32. The Hall–Kier alpha value is -1.65. The van der Waals surface area contributed by atoms with Crippen molar-refractivity contribution in [2.24, 2.45) is 5.41 Å². The molecule has 1 aliphatic rings. The van der Waals surface area contributed by atoms with E-state index in [9.17, 15) is 21.6 Å². The molecule has 0 atom stereocenters. The lowest BCUT2D eigenvalue weighted by Crippen LogP contribution is -2.56. The second kappa shape index (κ2) is 8.37. The number of imidazole rings is 1. The molecule has 0 aliphatic carbocycles. The highest BCUT2D eigenvalue weighted by atomic mass is 32.2. The zero-order chi connectivity index (χ0) is 23.2. The Kier molecular flexibility index (Phi) is 6.48. The number of likely N-dealkylation sites (N-methyl/N-ethyl adjacent to an activating group) is 1. The Morgan fingerprint density at radius 3 is 2.35 bits per heavy atom. The van der Waals surface area contributed by atoms with Crippen LogP contribution < -0.4 is 0 Å². The highest BCUT2D eigenvalue weighted by molar-refractivity contribution is 7.92. The van der Waals surface area contributed by atoms with Crippen LogP contribution in [0.15, 0.2) is 23.1 Å². The van der Waals surface area contributed by atoms with E-state index in [1.165, 1.54) is 0 Å². The number of benzene rings is 1. The Balaban J connectivity index is 1.88. The van der Waals surface area contributed by atoms with E-state index in [2.05, 4.69) is 30.2 Å². The predicted molar refractivity (Wildman–Crippen MR) is 115 cm³/mol. The maximum atomic E-state index is 13.0. The van der Waals surface area contributed by atoms with E-state index in [1.807, 2.05) is 14.1 Å². The van der Waals surface area contributed by atoms with E-state index < -0.39 is 27.8 Å². The molecule has 6 nitrogen and oxygen atoms in total. The van der Waals surface area contributed by atoms with Crippen LogP contribution in [-0.4, -0.2) is 79.5 Å². The van der Waals surface area contributed by atoms with Gasteiger partial charge in [-0.25, -0.2) is 13.4 Å². The fourth-order valence-electron chi connectivity index (χ4n) is 3.79. The first-order valence-corrected chi connectivity index (χ1v) is 11.9. The van der Waals surface area contributed by atoms with Gasteiger partial charge in [0.2, 0.25) is 0 Å². The Morgan fingerprint density at radius 1 is 1.16 bits per heavy atom. The zero-order valence-corrected chi connectivity index (χ0v) is 19.5. The van der Waals surface area contributed by atoms with Crippen LogP contribution in [0, 0.1) is 5.41 Å². The molecule has 174 valence electrons. The quantitative estimate of drug-likeness (QED) is 0.635. The van der Waals surface area contributed by atoms with Gasteiger partial charge in [-0.3, -0.25) is 4.90 Å². The van der Waals surface area contributed by atoms with Gasteiger partial charge in [0.15, 0.2) is 9.84 Å². The molecule has 0 saturated carbocycles. The first kappa shape index (κ1) is 24.0. The van der Waals surface area contributed by atoms with E-state index in [-0.39, 0.29) is 23.4 Å². The fraction of sp³-hybridized carbons (Fsp3) is 0.667. The molecule has 1 aromatic carbocycles. The summed E-state index contributed by atoms with van der Waals surface area (Å²) >= 11 is 0. The summed E-state index contributed by atoms with van der Waals surface area (Å²) in [6.45, 7) is 6.64. The highest BCUT2D eigenvalue weighted by Crippen LogP contribution is 2.30. The van der Waals surface area contributed by atoms with Crippen LogP contribution in [0.4, 0.5) is 13.2 Å². The summed E-state index contributed by atoms with van der Waals surface area (Å²) in [5.74, 6) is 0.902. The molecule has 1 aromatic heterocycles. The molecule has 1 saturated heterocycles. The molecule has 1 fully saturated rings. The lowest BCUT2D eigenvalue weighted by molar-refractivity contribution is -0.152. The van der Waals surface area contributed by atoms with Crippen molar-refractivity contribution in [3.8, 4) is 0 Å². The second-order valence-electron chi connectivity index (χ2n) is 9.85. The summed E-state index contributed by atoms with van der Waals surface area (Å²) in [5.41, 5.74) is 1.48. The summed E-state index contributed by atoms with van der Waals surface area (Å²) in [5, 5.41) is -0.822. The average molecular weight is 461 g/mol. The van der Waals surface area contributed by atoms with Crippen molar-refractivity contribution >= 4 is 20.9 Å². The van der Waals surface area contributed by atoms with Crippen LogP contribution in [0.3, 0.4) is 0 Å². The summed E-state index contributed by atoms with van der Waals surface area (Å²) in [6, 6.07) is 4.89. The number of hydrogen-bond acceptors (Lipinski definition) is 5. The number of halogens is 3. The maximum Gasteiger partial charge on any atom is 0.401 e. The molecule has 0 spiro atoms. The molecule has 3 rings (SSSR count). The first-order valence-electron chi connectivity index (χ1n) is 10.3. The van der Waals surface area contributed by atoms with Gasteiger partial charge in [-0.15, -0.1) is 0 Å². The van der Waals surface area contributed by atoms with Gasteiger partial charge >= 0.3 is 6.18 Å². The number of fused-ring (bicyclic) bond motifs is 1. The number of alkyl halides is 3. The lowest BCUT2D eigenvalue weighted by Gasteiger charge is -2.38. The molecule has 0 bridgehead atoms. The maximum absolute atomic E-state index is 13.0. The topological polar surface area (TPSA) is 58.4 Å². The molecular weight excluding hydrogens is 429 g/mol. The van der Waals surface area contributed by atoms with Crippen LogP contribution in [0.25, 0.3) is 11.0 Å². The zero-order valence-electron chi connectivity index (χ0n) is 18.7. The average Bonchev–Trinajstić information content (AvgIpc) is 2.89. The van der Waals surface area contributed by atoms with Crippen LogP contribution in [0.5, 0.6) is 0 Å². The van der Waals surface area contributed by atoms with E-state index in [1.54, 1.807) is 18.2 Å². The van der Waals surface area contributed by atoms with Gasteiger partial charge < -0.3 is 9.47 Å². The van der Waals surface area contributed by atoms with E-state index in [4.69, 9.17) is 4.98 Å². The van der Waals surface area contributed by atoms with Crippen LogP contribution in [-0.2, 0) is 22.8 Å². The smallest absolute Gasteiger partial charge is 0.327 e. The van der Waals surface area contributed by atoms with Gasteiger partial charge in [0.1, 0.15) is 5.82 Å². The van der Waals surface area contributed by atoms with Gasteiger partial charge in [0, 0.05) is 32.6 Å². The van der Waals surface area contributed by atoms with Crippen molar-refractivity contribution in [1.29, 1.82) is 0 Å². The molecule has 0 unspecified atom stereocenters. The van der Waals surface area contributed by atoms with Crippen molar-refractivity contribution in [3.63, 3.8) is 0 Å². The van der Waals surface area contributed by atoms with Crippen LogP contribution in [0.2, 0.25) is 0 Å². The number of aromatic nitrogens is 2. The molecule has 0 N–H and O–H groups in total. The molecule has 1 aliphatic heterocycles. The van der Waals surface area contributed by atoms with Crippen molar-refractivity contribution < 1.29 is 21.6 Å². The molecule has 10 heteroatoms. The number of sulfone groups is 1. The number of hydrogen-bond donors (Lipinski definition) is 0. The molecule has 31 heavy (non-hydrogen) atoms. The third-order valence-electron chi connectivity index (χ3n) is 5.35. The van der Waals surface area contributed by atoms with Crippen LogP contribution >= 0.6 is 0 Å². The largest absolute Gasteiger partial charge is 0.401 e. The van der Waals surface area contributed by atoms with E-state index >= 15 is 0 Å². The van der Waals surface area contributed by atoms with E-state index in [0.29, 0.717) is 5.52 Å². The Bertz CT molecular complexity index is 1030. The molecule has 2 heterocycles. The number of rotatable bonds is 7. The SMILES string of the molecule is CN(C)CCn1c(CC(C)(C)C)nc2cc(S(=O)(=O)C3CN(CC(F)(F)F)C3)ccc21. The standard InChI is InChI=1S/C21H31F3N4O2S/c1-20(2,3)11-19-25-17-10-15(6-7-18(17)28(19)9-8-26(4)5)31(29,30)16-12-27(13-16)14-21(22,23)24/h6-7,10,16H,8-9,11-14H2,1-5H3. The summed E-state index contributed by atoms with van der Waals surface area (Å²) in [6.07, 6.45) is -3.58. The highest BCUT2D eigenvalue weighted by Gasteiger charge is 2.43. The lowest BCUT2D eigenvalue weighted by atomic mass is 9.92. The predicted octanol–water partition coefficient (Wildman–Crippen LogP) is 3.21. The molecule has 2 aromatic rings. The van der Waals surface area contributed by atoms with E-state index in [0.717, 1.165) is 35.8 Å². The van der Waals surface area contributed by atoms with Crippen molar-refractivity contribution in [2.75, 3.05) is 40.3 Å². The van der Waals surface area contributed by atoms with Crippen molar-refractivity contribution in [2.45, 2.75) is 50.1 Å². The Morgan fingerprint density at radius 2 is 1.81 bits per heavy atom. The van der Waals surface area contributed by atoms with Crippen molar-refractivity contribution in [3.05, 3.63) is 24.0 Å². The van der Waals surface area contributed by atoms with Gasteiger partial charge in [0.25, 0.3) is 0 Å². The molecule has 0 amide bonds. The third-order valence-corrected chi connectivity index (χ3v) is 7.44. The molecule has 0 radical (unpaired) electrons. The summed E-state index contributed by atoms with van der Waals surface area (Å²) in [4.78, 5) is 8.05. The minimum Gasteiger partial charge on any atom is -0.327 e. The van der Waals surface area contributed by atoms with Gasteiger partial charge in [-0.1, -0.05) is 20.8 Å². The number of likely N-dealkylation sites (tertiary alicyclic amines) is 1. The normalized spacial score (nSPS) is 16.9. The van der Waals surface area contributed by atoms with Gasteiger partial charge in [0.05, 0.1) is 27.7 Å². The second-order valence-corrected chi connectivity index (χ2v) is 12.1. The monoisotopic (exact) mass is 460 g/mol. The van der Waals surface area contributed by atoms with Crippen molar-refractivity contribution in [1.82, 2.24) is 19.4 Å². The number of nitrogens with zero attached hydrogens (tertiary/aromatic N) is 4. The minimum absolute atomic E-state index is 0.0139. The van der Waals surface area contributed by atoms with Gasteiger partial charge in [-0.2, -0.15) is 13.2 Å². The summed E-state index contributed by atoms with van der Waals surface area (Å²) in [7, 11) is 0.275. The third kappa shape index (κ3) is 5.78. The van der Waals surface area contributed by atoms with Crippen LogP contribution in [0.1, 0.15) is 26.6 Å². The Labute approximate surface area is 181 Å². The fourth-order valence-corrected chi connectivity index (χ4v) is 5.52.